The van der Waals surface area contributed by atoms with E-state index in [0.717, 1.165) is 12.8 Å². The third-order valence-electron chi connectivity index (χ3n) is 3.32. The maximum atomic E-state index is 10.7. The summed E-state index contributed by atoms with van der Waals surface area (Å²) in [7, 11) is 0. The van der Waals surface area contributed by atoms with Crippen molar-refractivity contribution in [2.75, 3.05) is 18.5 Å². The smallest absolute Gasteiger partial charge is 0.290 e. The fourth-order valence-electron chi connectivity index (χ4n) is 2.30. The molecule has 0 bridgehead atoms. The fourth-order valence-corrected chi connectivity index (χ4v) is 2.30. The molecule has 0 unspecified atom stereocenters. The van der Waals surface area contributed by atoms with E-state index in [2.05, 4.69) is 10.3 Å². The Balaban J connectivity index is 1.76. The zero-order valence-corrected chi connectivity index (χ0v) is 11.1. The van der Waals surface area contributed by atoms with Crippen molar-refractivity contribution in [3.05, 3.63) is 27.9 Å². The molecule has 1 saturated carbocycles. The van der Waals surface area contributed by atoms with Gasteiger partial charge in [0.15, 0.2) is 0 Å². The van der Waals surface area contributed by atoms with Crippen molar-refractivity contribution in [3.63, 3.8) is 0 Å². The monoisotopic (exact) mass is 265 g/mol. The van der Waals surface area contributed by atoms with Gasteiger partial charge in [-0.05, 0) is 25.8 Å². The van der Waals surface area contributed by atoms with E-state index in [1.165, 1.54) is 18.9 Å². The molecule has 1 heterocycles. The summed E-state index contributed by atoms with van der Waals surface area (Å²) in [5.41, 5.74) is 0.472. The molecule has 0 aromatic carbocycles. The Hall–Kier alpha value is -1.69. The zero-order valence-electron chi connectivity index (χ0n) is 11.1. The van der Waals surface area contributed by atoms with E-state index in [1.807, 2.05) is 0 Å². The molecule has 0 spiro atoms. The summed E-state index contributed by atoms with van der Waals surface area (Å²) in [5.74, 6) is 0.651. The van der Waals surface area contributed by atoms with Gasteiger partial charge in [0, 0.05) is 12.6 Å². The van der Waals surface area contributed by atoms with Gasteiger partial charge in [0.25, 0.3) is 5.69 Å². The Morgan fingerprint density at radius 3 is 2.84 bits per heavy atom. The van der Waals surface area contributed by atoms with Gasteiger partial charge in [-0.25, -0.2) is 4.98 Å². The first-order valence-corrected chi connectivity index (χ1v) is 6.64. The Kier molecular flexibility index (Phi) is 4.68. The molecule has 0 saturated heterocycles. The van der Waals surface area contributed by atoms with E-state index in [4.69, 9.17) is 4.74 Å². The van der Waals surface area contributed by atoms with Gasteiger partial charge in [0.2, 0.25) is 0 Å². The van der Waals surface area contributed by atoms with Crippen LogP contribution in [0.3, 0.4) is 0 Å². The van der Waals surface area contributed by atoms with Crippen molar-refractivity contribution in [3.8, 4) is 0 Å². The van der Waals surface area contributed by atoms with Gasteiger partial charge in [-0.2, -0.15) is 0 Å². The lowest BCUT2D eigenvalue weighted by Crippen LogP contribution is -2.16. The Bertz CT molecular complexity index is 445. The summed E-state index contributed by atoms with van der Waals surface area (Å²) in [6.45, 7) is 2.95. The number of nitrogens with zero attached hydrogens (tertiary/aromatic N) is 2. The van der Waals surface area contributed by atoms with Gasteiger partial charge in [0.1, 0.15) is 11.5 Å². The predicted molar refractivity (Wildman–Crippen MR) is 72.3 cm³/mol. The van der Waals surface area contributed by atoms with Crippen LogP contribution in [0.15, 0.2) is 12.1 Å². The summed E-state index contributed by atoms with van der Waals surface area (Å²) in [6, 6.07) is 3.10. The Morgan fingerprint density at radius 1 is 1.47 bits per heavy atom. The quantitative estimate of drug-likeness (QED) is 0.486. The van der Waals surface area contributed by atoms with E-state index in [0.29, 0.717) is 30.8 Å². The lowest BCUT2D eigenvalue weighted by atomic mass is 10.3. The third-order valence-corrected chi connectivity index (χ3v) is 3.32. The number of aryl methyl sites for hydroxylation is 1. The second kappa shape index (κ2) is 6.47. The molecule has 1 aliphatic carbocycles. The molecule has 0 radical (unpaired) electrons. The van der Waals surface area contributed by atoms with Crippen molar-refractivity contribution < 1.29 is 9.66 Å². The molecule has 2 rings (SSSR count). The van der Waals surface area contributed by atoms with Crippen LogP contribution in [0.25, 0.3) is 0 Å². The molecule has 19 heavy (non-hydrogen) atoms. The molecule has 1 N–H and O–H groups in total. The van der Waals surface area contributed by atoms with Crippen molar-refractivity contribution in [2.24, 2.45) is 0 Å². The number of aromatic nitrogens is 1. The minimum absolute atomic E-state index is 0.0488. The standard InChI is InChI=1S/C13H19N3O3/c1-10-12(16(17)18)6-7-13(15-10)14-8-9-19-11-4-2-3-5-11/h6-7,11H,2-5,8-9H2,1H3,(H,14,15). The second-order valence-corrected chi connectivity index (χ2v) is 4.76. The lowest BCUT2D eigenvalue weighted by molar-refractivity contribution is -0.385. The van der Waals surface area contributed by atoms with Crippen LogP contribution in [0.2, 0.25) is 0 Å². The summed E-state index contributed by atoms with van der Waals surface area (Å²) in [5, 5.41) is 13.8. The van der Waals surface area contributed by atoms with Crippen LogP contribution in [0.4, 0.5) is 11.5 Å². The van der Waals surface area contributed by atoms with E-state index < -0.39 is 4.92 Å². The van der Waals surface area contributed by atoms with Crippen LogP contribution in [-0.4, -0.2) is 29.2 Å². The predicted octanol–water partition coefficient (Wildman–Crippen LogP) is 2.67. The number of nitrogens with one attached hydrogen (secondary N) is 1. The molecule has 1 aromatic heterocycles. The highest BCUT2D eigenvalue weighted by molar-refractivity contribution is 5.44. The number of pyridine rings is 1. The highest BCUT2D eigenvalue weighted by Crippen LogP contribution is 2.21. The molecule has 0 aliphatic heterocycles. The first kappa shape index (κ1) is 13.7. The van der Waals surface area contributed by atoms with E-state index in [9.17, 15) is 10.1 Å². The largest absolute Gasteiger partial charge is 0.376 e. The van der Waals surface area contributed by atoms with Gasteiger partial charge in [-0.1, -0.05) is 12.8 Å². The molecule has 6 heteroatoms. The summed E-state index contributed by atoms with van der Waals surface area (Å²) in [6.07, 6.45) is 5.26. The third kappa shape index (κ3) is 3.89. The average molecular weight is 265 g/mol. The number of hydrogen-bond donors (Lipinski definition) is 1. The number of anilines is 1. The molecule has 1 aliphatic rings. The topological polar surface area (TPSA) is 77.3 Å². The molecule has 1 fully saturated rings. The normalized spacial score (nSPS) is 15.6. The zero-order chi connectivity index (χ0) is 13.7. The average Bonchev–Trinajstić information content (AvgIpc) is 2.87. The molecule has 1 aromatic rings. The summed E-state index contributed by atoms with van der Waals surface area (Å²) in [4.78, 5) is 14.4. The highest BCUT2D eigenvalue weighted by Gasteiger charge is 2.15. The maximum Gasteiger partial charge on any atom is 0.290 e. The molecular formula is C13H19N3O3. The summed E-state index contributed by atoms with van der Waals surface area (Å²) >= 11 is 0. The van der Waals surface area contributed by atoms with Gasteiger partial charge in [0.05, 0.1) is 17.6 Å². The first-order valence-electron chi connectivity index (χ1n) is 6.64. The first-order chi connectivity index (χ1) is 9.16. The van der Waals surface area contributed by atoms with Crippen molar-refractivity contribution in [2.45, 2.75) is 38.7 Å². The van der Waals surface area contributed by atoms with E-state index >= 15 is 0 Å². The molecule has 0 amide bonds. The van der Waals surface area contributed by atoms with Crippen LogP contribution in [-0.2, 0) is 4.74 Å². The molecular weight excluding hydrogens is 246 g/mol. The van der Waals surface area contributed by atoms with Crippen LogP contribution >= 0.6 is 0 Å². The van der Waals surface area contributed by atoms with Crippen LogP contribution in [0, 0.1) is 17.0 Å². The van der Waals surface area contributed by atoms with Crippen molar-refractivity contribution in [1.82, 2.24) is 4.98 Å². The SMILES string of the molecule is Cc1nc(NCCOC2CCCC2)ccc1[N+](=O)[O-]. The Labute approximate surface area is 112 Å². The minimum Gasteiger partial charge on any atom is -0.376 e. The molecule has 6 nitrogen and oxygen atoms in total. The second-order valence-electron chi connectivity index (χ2n) is 4.76. The van der Waals surface area contributed by atoms with Crippen LogP contribution in [0.5, 0.6) is 0 Å². The lowest BCUT2D eigenvalue weighted by Gasteiger charge is -2.11. The van der Waals surface area contributed by atoms with Crippen molar-refractivity contribution in [1.29, 1.82) is 0 Å². The van der Waals surface area contributed by atoms with Crippen LogP contribution < -0.4 is 5.32 Å². The van der Waals surface area contributed by atoms with Gasteiger partial charge in [-0.15, -0.1) is 0 Å². The van der Waals surface area contributed by atoms with Crippen molar-refractivity contribution >= 4 is 11.5 Å². The fraction of sp³-hybridized carbons (Fsp3) is 0.615. The summed E-state index contributed by atoms with van der Waals surface area (Å²) < 4.78 is 5.72. The molecule has 0 atom stereocenters. The van der Waals surface area contributed by atoms with E-state index in [1.54, 1.807) is 13.0 Å². The number of rotatable bonds is 6. The number of hydrogen-bond acceptors (Lipinski definition) is 5. The minimum atomic E-state index is -0.421. The van der Waals surface area contributed by atoms with Gasteiger partial charge < -0.3 is 10.1 Å². The molecule has 104 valence electrons. The number of ether oxygens (including phenoxy) is 1. The van der Waals surface area contributed by atoms with Crippen LogP contribution in [0.1, 0.15) is 31.4 Å². The number of nitro groups is 1. The maximum absolute atomic E-state index is 10.7. The van der Waals surface area contributed by atoms with Gasteiger partial charge >= 0.3 is 0 Å². The van der Waals surface area contributed by atoms with Gasteiger partial charge in [-0.3, -0.25) is 10.1 Å². The Morgan fingerprint density at radius 2 is 2.21 bits per heavy atom. The van der Waals surface area contributed by atoms with E-state index in [-0.39, 0.29) is 5.69 Å². The highest BCUT2D eigenvalue weighted by atomic mass is 16.6.